The fourth-order valence-electron chi connectivity index (χ4n) is 2.23. The van der Waals surface area contributed by atoms with E-state index in [0.29, 0.717) is 11.3 Å². The lowest BCUT2D eigenvalue weighted by molar-refractivity contribution is 0.200. The van der Waals surface area contributed by atoms with Crippen LogP contribution in [0.4, 0.5) is 0 Å². The molecule has 3 atom stereocenters. The van der Waals surface area contributed by atoms with E-state index in [1.807, 2.05) is 0 Å². The Labute approximate surface area is 95.4 Å². The summed E-state index contributed by atoms with van der Waals surface area (Å²) in [5, 5.41) is 3.82. The Morgan fingerprint density at radius 3 is 2.93 bits per heavy atom. The van der Waals surface area contributed by atoms with E-state index < -0.39 is 10.8 Å². The maximum absolute atomic E-state index is 12.0. The first kappa shape index (κ1) is 13.1. The minimum Gasteiger partial charge on any atom is -0.385 e. The van der Waals surface area contributed by atoms with Crippen LogP contribution in [-0.4, -0.2) is 41.5 Å². The van der Waals surface area contributed by atoms with Crippen molar-refractivity contribution in [1.82, 2.24) is 5.32 Å². The summed E-state index contributed by atoms with van der Waals surface area (Å²) in [6, 6.07) is 0.485. The van der Waals surface area contributed by atoms with Gasteiger partial charge in [-0.15, -0.1) is 0 Å². The second kappa shape index (κ2) is 7.36. The zero-order valence-corrected chi connectivity index (χ0v) is 10.6. The van der Waals surface area contributed by atoms with Gasteiger partial charge in [0.05, 0.1) is 5.25 Å². The Morgan fingerprint density at radius 1 is 1.47 bits per heavy atom. The van der Waals surface area contributed by atoms with Gasteiger partial charge in [0.1, 0.15) is 0 Å². The molecule has 0 spiro atoms. The maximum atomic E-state index is 12.0. The predicted molar refractivity (Wildman–Crippen MR) is 64.6 cm³/mol. The van der Waals surface area contributed by atoms with Crippen molar-refractivity contribution in [3.63, 3.8) is 0 Å². The van der Waals surface area contributed by atoms with E-state index in [9.17, 15) is 4.21 Å². The largest absolute Gasteiger partial charge is 0.385 e. The van der Waals surface area contributed by atoms with Crippen LogP contribution in [0, 0.1) is 0 Å². The molecule has 0 aromatic rings. The summed E-state index contributed by atoms with van der Waals surface area (Å²) in [4.78, 5) is 0. The molecule has 0 amide bonds. The fourth-order valence-corrected chi connectivity index (χ4v) is 3.97. The maximum Gasteiger partial charge on any atom is 0.0501 e. The van der Waals surface area contributed by atoms with Crippen molar-refractivity contribution in [3.8, 4) is 0 Å². The molecule has 3 nitrogen and oxygen atoms in total. The van der Waals surface area contributed by atoms with Gasteiger partial charge >= 0.3 is 0 Å². The smallest absolute Gasteiger partial charge is 0.0501 e. The summed E-state index contributed by atoms with van der Waals surface area (Å²) in [6.45, 7) is 3.82. The lowest BCUT2D eigenvalue weighted by Gasteiger charge is -2.19. The van der Waals surface area contributed by atoms with Crippen LogP contribution < -0.4 is 5.32 Å². The minimum atomic E-state index is -0.671. The number of methoxy groups -OCH3 is 1. The molecule has 0 radical (unpaired) electrons. The lowest BCUT2D eigenvalue weighted by Crippen LogP contribution is -2.38. The zero-order valence-electron chi connectivity index (χ0n) is 9.83. The van der Waals surface area contributed by atoms with Gasteiger partial charge in [0, 0.05) is 36.3 Å². The molecule has 1 N–H and O–H groups in total. The van der Waals surface area contributed by atoms with Crippen LogP contribution in [0.5, 0.6) is 0 Å². The van der Waals surface area contributed by atoms with Gasteiger partial charge in [0.15, 0.2) is 0 Å². The van der Waals surface area contributed by atoms with Gasteiger partial charge in [-0.3, -0.25) is 4.21 Å². The van der Waals surface area contributed by atoms with Crippen molar-refractivity contribution in [2.75, 3.05) is 26.0 Å². The first-order valence-corrected chi connectivity index (χ1v) is 7.27. The molecule has 1 aliphatic rings. The van der Waals surface area contributed by atoms with Crippen LogP contribution in [-0.2, 0) is 15.5 Å². The molecule has 90 valence electrons. The van der Waals surface area contributed by atoms with E-state index in [1.54, 1.807) is 7.11 Å². The van der Waals surface area contributed by atoms with Gasteiger partial charge < -0.3 is 10.1 Å². The fraction of sp³-hybridized carbons (Fsp3) is 1.00. The van der Waals surface area contributed by atoms with E-state index in [-0.39, 0.29) is 0 Å². The molecule has 0 bridgehead atoms. The highest BCUT2D eigenvalue weighted by Crippen LogP contribution is 2.24. The van der Waals surface area contributed by atoms with Crippen molar-refractivity contribution >= 4 is 10.8 Å². The summed E-state index contributed by atoms with van der Waals surface area (Å²) >= 11 is 0. The molecule has 15 heavy (non-hydrogen) atoms. The highest BCUT2D eigenvalue weighted by atomic mass is 32.2. The van der Waals surface area contributed by atoms with Crippen LogP contribution in [0.1, 0.15) is 32.6 Å². The Morgan fingerprint density at radius 2 is 2.27 bits per heavy atom. The molecule has 1 aliphatic carbocycles. The van der Waals surface area contributed by atoms with Gasteiger partial charge in [-0.05, 0) is 25.8 Å². The van der Waals surface area contributed by atoms with Crippen LogP contribution in [0.15, 0.2) is 0 Å². The molecule has 0 saturated heterocycles. The Bertz CT molecular complexity index is 199. The molecule has 1 fully saturated rings. The molecule has 3 unspecified atom stereocenters. The van der Waals surface area contributed by atoms with E-state index in [2.05, 4.69) is 12.2 Å². The van der Waals surface area contributed by atoms with E-state index >= 15 is 0 Å². The second-order valence-electron chi connectivity index (χ2n) is 4.06. The average molecular weight is 233 g/mol. The molecule has 0 aromatic carbocycles. The highest BCUT2D eigenvalue weighted by molar-refractivity contribution is 7.85. The standard InChI is InChI=1S/C11H23NO2S/c1-3-12-10-6-4-7-11(10)15(13)9-5-8-14-2/h10-12H,3-9H2,1-2H3. The summed E-state index contributed by atoms with van der Waals surface area (Å²) in [5.74, 6) is 0.792. The van der Waals surface area contributed by atoms with Gasteiger partial charge in [-0.1, -0.05) is 13.3 Å². The van der Waals surface area contributed by atoms with Crippen molar-refractivity contribution in [2.45, 2.75) is 43.9 Å². The monoisotopic (exact) mass is 233 g/mol. The summed E-state index contributed by atoms with van der Waals surface area (Å²) < 4.78 is 17.0. The molecule has 0 heterocycles. The van der Waals surface area contributed by atoms with E-state index in [1.165, 1.54) is 12.8 Å². The highest BCUT2D eigenvalue weighted by Gasteiger charge is 2.30. The topological polar surface area (TPSA) is 38.3 Å². The SMILES string of the molecule is CCNC1CCCC1S(=O)CCCOC. The third kappa shape index (κ3) is 4.21. The van der Waals surface area contributed by atoms with Crippen LogP contribution in [0.3, 0.4) is 0 Å². The third-order valence-corrected chi connectivity index (χ3v) is 4.88. The van der Waals surface area contributed by atoms with Crippen molar-refractivity contribution < 1.29 is 8.95 Å². The van der Waals surface area contributed by atoms with Crippen LogP contribution in [0.25, 0.3) is 0 Å². The third-order valence-electron chi connectivity index (χ3n) is 2.95. The van der Waals surface area contributed by atoms with Crippen molar-refractivity contribution in [1.29, 1.82) is 0 Å². The normalized spacial score (nSPS) is 28.1. The van der Waals surface area contributed by atoms with Crippen molar-refractivity contribution in [3.05, 3.63) is 0 Å². The Hall–Kier alpha value is 0.0700. The number of hydrogen-bond acceptors (Lipinski definition) is 3. The summed E-state index contributed by atoms with van der Waals surface area (Å²) in [6.07, 6.45) is 4.45. The molecule has 0 aromatic heterocycles. The molecular formula is C11H23NO2S. The quantitative estimate of drug-likeness (QED) is 0.674. The number of rotatable bonds is 7. The summed E-state index contributed by atoms with van der Waals surface area (Å²) in [7, 11) is 1.02. The van der Waals surface area contributed by atoms with Gasteiger partial charge in [0.25, 0.3) is 0 Å². The molecule has 4 heteroatoms. The Balaban J connectivity index is 2.30. The number of hydrogen-bond donors (Lipinski definition) is 1. The second-order valence-corrected chi connectivity index (χ2v) is 5.84. The predicted octanol–water partition coefficient (Wildman–Crippen LogP) is 1.30. The Kier molecular flexibility index (Phi) is 6.45. The first-order chi connectivity index (χ1) is 7.29. The molecule has 1 rings (SSSR count). The van der Waals surface area contributed by atoms with E-state index in [0.717, 1.165) is 31.7 Å². The average Bonchev–Trinajstić information content (AvgIpc) is 2.67. The molecular weight excluding hydrogens is 210 g/mol. The van der Waals surface area contributed by atoms with Gasteiger partial charge in [-0.2, -0.15) is 0 Å². The molecule has 1 saturated carbocycles. The molecule has 0 aliphatic heterocycles. The van der Waals surface area contributed by atoms with E-state index in [4.69, 9.17) is 4.74 Å². The van der Waals surface area contributed by atoms with Crippen LogP contribution in [0.2, 0.25) is 0 Å². The van der Waals surface area contributed by atoms with Gasteiger partial charge in [-0.25, -0.2) is 0 Å². The number of nitrogens with one attached hydrogen (secondary N) is 1. The zero-order chi connectivity index (χ0) is 11.1. The van der Waals surface area contributed by atoms with Gasteiger partial charge in [0.2, 0.25) is 0 Å². The van der Waals surface area contributed by atoms with Crippen LogP contribution >= 0.6 is 0 Å². The summed E-state index contributed by atoms with van der Waals surface area (Å²) in [5.41, 5.74) is 0. The first-order valence-electron chi connectivity index (χ1n) is 5.89. The number of ether oxygens (including phenoxy) is 1. The minimum absolute atomic E-state index is 0.377. The van der Waals surface area contributed by atoms with Crippen molar-refractivity contribution in [2.24, 2.45) is 0 Å². The lowest BCUT2D eigenvalue weighted by atomic mass is 10.2.